The molecule has 0 spiro atoms. The highest BCUT2D eigenvalue weighted by Gasteiger charge is 2.27. The first-order valence-corrected chi connectivity index (χ1v) is 9.95. The lowest BCUT2D eigenvalue weighted by Crippen LogP contribution is -2.31. The van der Waals surface area contributed by atoms with Gasteiger partial charge in [0.05, 0.1) is 12.7 Å². The van der Waals surface area contributed by atoms with E-state index in [0.717, 1.165) is 12.0 Å². The highest BCUT2D eigenvalue weighted by molar-refractivity contribution is 5.96. The molecule has 2 aliphatic rings. The van der Waals surface area contributed by atoms with Crippen LogP contribution in [0.1, 0.15) is 31.7 Å². The largest absolute Gasteiger partial charge is 0.487 e. The molecule has 7 heteroatoms. The van der Waals surface area contributed by atoms with E-state index in [-0.39, 0.29) is 17.9 Å². The van der Waals surface area contributed by atoms with Gasteiger partial charge >= 0.3 is 0 Å². The number of aryl methyl sites for hydroxylation is 1. The van der Waals surface area contributed by atoms with Gasteiger partial charge in [0, 0.05) is 55.9 Å². The van der Waals surface area contributed by atoms with Crippen molar-refractivity contribution in [1.29, 1.82) is 0 Å². The molecule has 1 saturated heterocycles. The van der Waals surface area contributed by atoms with Crippen LogP contribution in [0.15, 0.2) is 30.6 Å². The summed E-state index contributed by atoms with van der Waals surface area (Å²) in [6.45, 7) is 3.10. The number of fused-ring (bicyclic) bond motifs is 1. The van der Waals surface area contributed by atoms with Crippen LogP contribution in [0.25, 0.3) is 11.1 Å². The van der Waals surface area contributed by atoms with E-state index in [4.69, 9.17) is 4.74 Å². The van der Waals surface area contributed by atoms with E-state index < -0.39 is 5.82 Å². The summed E-state index contributed by atoms with van der Waals surface area (Å²) in [5, 5.41) is 0. The Hall–Kier alpha value is -2.96. The summed E-state index contributed by atoms with van der Waals surface area (Å²) in [5.41, 5.74) is 2.63. The minimum atomic E-state index is -0.398. The van der Waals surface area contributed by atoms with Gasteiger partial charge < -0.3 is 14.5 Å². The number of carbonyl (C=O) groups is 2. The van der Waals surface area contributed by atoms with E-state index >= 15 is 0 Å². The van der Waals surface area contributed by atoms with Crippen LogP contribution in [0.2, 0.25) is 0 Å². The zero-order valence-electron chi connectivity index (χ0n) is 16.7. The SMILES string of the molecule is CCC(=O)N1CCC(Oc2cncc(-c3cc4c(cc3F)N(C)C(=O)CC4)c2)C1. The lowest BCUT2D eigenvalue weighted by atomic mass is 9.96. The van der Waals surface area contributed by atoms with E-state index in [2.05, 4.69) is 4.98 Å². The van der Waals surface area contributed by atoms with Crippen molar-refractivity contribution in [3.63, 3.8) is 0 Å². The number of hydrogen-bond acceptors (Lipinski definition) is 4. The molecule has 2 amide bonds. The van der Waals surface area contributed by atoms with Crippen molar-refractivity contribution in [2.45, 2.75) is 38.7 Å². The summed E-state index contributed by atoms with van der Waals surface area (Å²) in [7, 11) is 1.67. The number of rotatable bonds is 4. The van der Waals surface area contributed by atoms with Gasteiger partial charge in [-0.25, -0.2) is 4.39 Å². The molecule has 3 heterocycles. The number of likely N-dealkylation sites (tertiary alicyclic amines) is 1. The van der Waals surface area contributed by atoms with Crippen LogP contribution in [-0.4, -0.2) is 47.9 Å². The number of benzene rings is 1. The summed E-state index contributed by atoms with van der Waals surface area (Å²) < 4.78 is 20.8. The lowest BCUT2D eigenvalue weighted by molar-refractivity contribution is -0.130. The Morgan fingerprint density at radius 2 is 2.10 bits per heavy atom. The Labute approximate surface area is 169 Å². The number of nitrogens with zero attached hydrogens (tertiary/aromatic N) is 3. The van der Waals surface area contributed by atoms with Crippen molar-refractivity contribution in [2.24, 2.45) is 0 Å². The molecule has 0 bridgehead atoms. The fourth-order valence-corrected chi connectivity index (χ4v) is 3.98. The second kappa shape index (κ2) is 7.81. The zero-order chi connectivity index (χ0) is 20.5. The molecule has 1 fully saturated rings. The quantitative estimate of drug-likeness (QED) is 0.795. The highest BCUT2D eigenvalue weighted by Crippen LogP contribution is 2.34. The smallest absolute Gasteiger partial charge is 0.227 e. The Kier molecular flexibility index (Phi) is 5.22. The number of amides is 2. The molecule has 1 aromatic carbocycles. The van der Waals surface area contributed by atoms with Crippen molar-refractivity contribution in [2.75, 3.05) is 25.0 Å². The predicted molar refractivity (Wildman–Crippen MR) is 107 cm³/mol. The molecule has 0 radical (unpaired) electrons. The van der Waals surface area contributed by atoms with E-state index in [0.29, 0.717) is 54.9 Å². The maximum absolute atomic E-state index is 14.8. The van der Waals surface area contributed by atoms with Gasteiger partial charge in [-0.2, -0.15) is 0 Å². The average Bonchev–Trinajstić information content (AvgIpc) is 3.19. The van der Waals surface area contributed by atoms with Crippen LogP contribution < -0.4 is 9.64 Å². The molecule has 152 valence electrons. The molecule has 0 aliphatic carbocycles. The second-order valence-electron chi connectivity index (χ2n) is 7.54. The minimum Gasteiger partial charge on any atom is -0.487 e. The van der Waals surface area contributed by atoms with Gasteiger partial charge in [0.1, 0.15) is 17.7 Å². The number of aromatic nitrogens is 1. The third kappa shape index (κ3) is 3.81. The zero-order valence-corrected chi connectivity index (χ0v) is 16.7. The molecule has 0 N–H and O–H groups in total. The van der Waals surface area contributed by atoms with Crippen LogP contribution in [0.3, 0.4) is 0 Å². The van der Waals surface area contributed by atoms with Gasteiger partial charge in [-0.05, 0) is 30.2 Å². The van der Waals surface area contributed by atoms with Crippen LogP contribution in [-0.2, 0) is 16.0 Å². The number of carbonyl (C=O) groups excluding carboxylic acids is 2. The summed E-state index contributed by atoms with van der Waals surface area (Å²) in [4.78, 5) is 31.2. The van der Waals surface area contributed by atoms with E-state index in [1.807, 2.05) is 11.8 Å². The number of hydrogen-bond donors (Lipinski definition) is 0. The van der Waals surface area contributed by atoms with E-state index in [9.17, 15) is 14.0 Å². The molecular weight excluding hydrogens is 373 g/mol. The summed E-state index contributed by atoms with van der Waals surface area (Å²) in [6, 6.07) is 4.99. The second-order valence-corrected chi connectivity index (χ2v) is 7.54. The molecule has 2 aliphatic heterocycles. The third-order valence-electron chi connectivity index (χ3n) is 5.64. The van der Waals surface area contributed by atoms with Crippen molar-refractivity contribution < 1.29 is 18.7 Å². The molecule has 1 aromatic heterocycles. The first kappa shape index (κ1) is 19.4. The molecule has 1 atom stereocenters. The topological polar surface area (TPSA) is 62.7 Å². The minimum absolute atomic E-state index is 0.00567. The standard InChI is InChI=1S/C22H24FN3O3/c1-3-21(27)26-7-6-16(13-26)29-17-8-15(11-24-12-17)18-9-14-4-5-22(28)25(2)20(14)10-19(18)23/h8-12,16H,3-7,13H2,1-2H3. The predicted octanol–water partition coefficient (Wildman–Crippen LogP) is 3.19. The molecule has 4 rings (SSSR count). The monoisotopic (exact) mass is 397 g/mol. The van der Waals surface area contributed by atoms with Crippen molar-refractivity contribution in [1.82, 2.24) is 9.88 Å². The van der Waals surface area contributed by atoms with Crippen molar-refractivity contribution >= 4 is 17.5 Å². The highest BCUT2D eigenvalue weighted by atomic mass is 19.1. The van der Waals surface area contributed by atoms with E-state index in [1.165, 1.54) is 11.0 Å². The van der Waals surface area contributed by atoms with Crippen LogP contribution >= 0.6 is 0 Å². The Morgan fingerprint density at radius 3 is 2.90 bits per heavy atom. The van der Waals surface area contributed by atoms with Crippen molar-refractivity contribution in [3.8, 4) is 16.9 Å². The molecule has 29 heavy (non-hydrogen) atoms. The Bertz CT molecular complexity index is 962. The maximum Gasteiger partial charge on any atom is 0.227 e. The number of halogens is 1. The number of pyridine rings is 1. The van der Waals surface area contributed by atoms with Gasteiger partial charge in [0.2, 0.25) is 11.8 Å². The normalized spacial score (nSPS) is 18.7. The molecule has 2 aromatic rings. The summed E-state index contributed by atoms with van der Waals surface area (Å²) >= 11 is 0. The molecule has 0 saturated carbocycles. The molecule has 6 nitrogen and oxygen atoms in total. The number of ether oxygens (including phenoxy) is 1. The van der Waals surface area contributed by atoms with Crippen LogP contribution in [0.5, 0.6) is 5.75 Å². The van der Waals surface area contributed by atoms with Crippen LogP contribution in [0.4, 0.5) is 10.1 Å². The van der Waals surface area contributed by atoms with Gasteiger partial charge in [-0.15, -0.1) is 0 Å². The Balaban J connectivity index is 1.55. The fourth-order valence-electron chi connectivity index (χ4n) is 3.98. The molecule has 1 unspecified atom stereocenters. The fraction of sp³-hybridized carbons (Fsp3) is 0.409. The first-order chi connectivity index (χ1) is 14.0. The summed E-state index contributed by atoms with van der Waals surface area (Å²) in [5.74, 6) is 0.281. The van der Waals surface area contributed by atoms with E-state index in [1.54, 1.807) is 31.6 Å². The van der Waals surface area contributed by atoms with Crippen LogP contribution in [0, 0.1) is 5.82 Å². The van der Waals surface area contributed by atoms with Gasteiger partial charge in [-0.1, -0.05) is 6.92 Å². The third-order valence-corrected chi connectivity index (χ3v) is 5.64. The van der Waals surface area contributed by atoms with Crippen molar-refractivity contribution in [3.05, 3.63) is 42.0 Å². The lowest BCUT2D eigenvalue weighted by Gasteiger charge is -2.26. The first-order valence-electron chi connectivity index (χ1n) is 9.95. The average molecular weight is 397 g/mol. The van der Waals surface area contributed by atoms with Gasteiger partial charge in [0.25, 0.3) is 0 Å². The van der Waals surface area contributed by atoms with Gasteiger partial charge in [0.15, 0.2) is 0 Å². The maximum atomic E-state index is 14.8. The number of anilines is 1. The molecular formula is C22H24FN3O3. The summed E-state index contributed by atoms with van der Waals surface area (Å²) in [6.07, 6.45) is 5.40. The van der Waals surface area contributed by atoms with Gasteiger partial charge in [-0.3, -0.25) is 14.6 Å². The Morgan fingerprint density at radius 1 is 1.28 bits per heavy atom.